The van der Waals surface area contributed by atoms with Gasteiger partial charge in [-0.15, -0.1) is 0 Å². The summed E-state index contributed by atoms with van der Waals surface area (Å²) >= 11 is 0. The van der Waals surface area contributed by atoms with E-state index in [9.17, 15) is 4.79 Å². The summed E-state index contributed by atoms with van der Waals surface area (Å²) in [6, 6.07) is 10.9. The molecule has 0 spiro atoms. The molecular weight excluding hydrogens is 276 g/mol. The number of nitrogens with one attached hydrogen (secondary N) is 1. The third-order valence-corrected chi connectivity index (χ3v) is 4.70. The van der Waals surface area contributed by atoms with E-state index in [1.54, 1.807) is 12.5 Å². The molecule has 0 aliphatic carbocycles. The molecule has 2 fully saturated rings. The number of fused-ring (bicyclic) bond motifs is 2. The van der Waals surface area contributed by atoms with E-state index in [2.05, 4.69) is 10.3 Å². The van der Waals surface area contributed by atoms with Crippen LogP contribution in [0.4, 0.5) is 0 Å². The number of carbonyl (C=O) groups excluding carboxylic acids is 1. The number of hydrogen-bond acceptors (Lipinski definition) is 3. The SMILES string of the molecule is O=C(c1cncn1-c1ccccc1)N1CCC2CCC(C1)N2. The number of carbonyl (C=O) groups is 1. The van der Waals surface area contributed by atoms with Crippen molar-refractivity contribution in [3.63, 3.8) is 0 Å². The Kier molecular flexibility index (Phi) is 3.42. The molecule has 2 aromatic rings. The van der Waals surface area contributed by atoms with Gasteiger partial charge in [0.25, 0.3) is 5.91 Å². The van der Waals surface area contributed by atoms with E-state index in [1.807, 2.05) is 39.8 Å². The van der Waals surface area contributed by atoms with Gasteiger partial charge in [0.2, 0.25) is 0 Å². The van der Waals surface area contributed by atoms with Crippen LogP contribution in [0.3, 0.4) is 0 Å². The third kappa shape index (κ3) is 2.41. The lowest BCUT2D eigenvalue weighted by Gasteiger charge is -2.24. The highest BCUT2D eigenvalue weighted by Gasteiger charge is 2.32. The van der Waals surface area contributed by atoms with Gasteiger partial charge in [0, 0.05) is 30.9 Å². The van der Waals surface area contributed by atoms with E-state index < -0.39 is 0 Å². The van der Waals surface area contributed by atoms with Crippen molar-refractivity contribution in [2.24, 2.45) is 0 Å². The van der Waals surface area contributed by atoms with Crippen molar-refractivity contribution in [1.82, 2.24) is 19.8 Å². The Morgan fingerprint density at radius 3 is 2.82 bits per heavy atom. The monoisotopic (exact) mass is 296 g/mol. The second kappa shape index (κ2) is 5.57. The summed E-state index contributed by atoms with van der Waals surface area (Å²) < 4.78 is 1.87. The second-order valence-electron chi connectivity index (χ2n) is 6.16. The molecule has 2 bridgehead atoms. The lowest BCUT2D eigenvalue weighted by molar-refractivity contribution is 0.0740. The fourth-order valence-electron chi connectivity index (χ4n) is 3.54. The molecular formula is C17H20N4O. The zero-order valence-corrected chi connectivity index (χ0v) is 12.5. The number of benzene rings is 1. The molecule has 2 aliphatic heterocycles. The molecule has 114 valence electrons. The number of imidazole rings is 1. The van der Waals surface area contributed by atoms with Gasteiger partial charge in [0.05, 0.1) is 12.5 Å². The predicted molar refractivity (Wildman–Crippen MR) is 84.0 cm³/mol. The van der Waals surface area contributed by atoms with Crippen LogP contribution in [0, 0.1) is 0 Å². The molecule has 5 heteroatoms. The predicted octanol–water partition coefficient (Wildman–Crippen LogP) is 1.84. The number of likely N-dealkylation sites (tertiary alicyclic amines) is 1. The maximum absolute atomic E-state index is 12.9. The summed E-state index contributed by atoms with van der Waals surface area (Å²) in [5.74, 6) is 0.0794. The average molecular weight is 296 g/mol. The van der Waals surface area contributed by atoms with Gasteiger partial charge in [0.15, 0.2) is 0 Å². The summed E-state index contributed by atoms with van der Waals surface area (Å²) in [6.07, 6.45) is 6.85. The van der Waals surface area contributed by atoms with Crippen molar-refractivity contribution in [3.8, 4) is 5.69 Å². The van der Waals surface area contributed by atoms with Crippen molar-refractivity contribution >= 4 is 5.91 Å². The maximum atomic E-state index is 12.9. The molecule has 4 rings (SSSR count). The number of rotatable bonds is 2. The molecule has 1 amide bonds. The van der Waals surface area contributed by atoms with Crippen molar-refractivity contribution in [2.45, 2.75) is 31.3 Å². The zero-order valence-electron chi connectivity index (χ0n) is 12.5. The molecule has 22 heavy (non-hydrogen) atoms. The van der Waals surface area contributed by atoms with Crippen LogP contribution in [-0.2, 0) is 0 Å². The van der Waals surface area contributed by atoms with E-state index in [1.165, 1.54) is 12.8 Å². The normalized spacial score (nSPS) is 24.3. The second-order valence-corrected chi connectivity index (χ2v) is 6.16. The van der Waals surface area contributed by atoms with Crippen molar-refractivity contribution < 1.29 is 4.79 Å². The van der Waals surface area contributed by atoms with E-state index in [4.69, 9.17) is 0 Å². The Bertz CT molecular complexity index is 666. The number of nitrogens with zero attached hydrogens (tertiary/aromatic N) is 3. The first-order valence-electron chi connectivity index (χ1n) is 7.94. The Morgan fingerprint density at radius 1 is 1.14 bits per heavy atom. The molecule has 0 saturated carbocycles. The fourth-order valence-corrected chi connectivity index (χ4v) is 3.54. The van der Waals surface area contributed by atoms with Gasteiger partial charge in [-0.25, -0.2) is 4.98 Å². The molecule has 0 radical (unpaired) electrons. The number of para-hydroxylation sites is 1. The van der Waals surface area contributed by atoms with Crippen LogP contribution >= 0.6 is 0 Å². The maximum Gasteiger partial charge on any atom is 0.272 e. The first-order valence-corrected chi connectivity index (χ1v) is 7.94. The lowest BCUT2D eigenvalue weighted by Crippen LogP contribution is -2.39. The van der Waals surface area contributed by atoms with Gasteiger partial charge in [-0.3, -0.25) is 9.36 Å². The van der Waals surface area contributed by atoms with Crippen molar-refractivity contribution in [1.29, 1.82) is 0 Å². The van der Waals surface area contributed by atoms with Crippen LogP contribution in [-0.4, -0.2) is 45.5 Å². The molecule has 3 heterocycles. The first kappa shape index (κ1) is 13.5. The summed E-state index contributed by atoms with van der Waals surface area (Å²) in [7, 11) is 0. The Hall–Kier alpha value is -2.14. The molecule has 5 nitrogen and oxygen atoms in total. The van der Waals surface area contributed by atoms with Crippen LogP contribution in [0.25, 0.3) is 5.69 Å². The first-order chi connectivity index (χ1) is 10.8. The van der Waals surface area contributed by atoms with Crippen LogP contribution < -0.4 is 5.32 Å². The minimum Gasteiger partial charge on any atom is -0.336 e. The Morgan fingerprint density at radius 2 is 1.95 bits per heavy atom. The van der Waals surface area contributed by atoms with E-state index in [0.29, 0.717) is 17.8 Å². The molecule has 2 saturated heterocycles. The summed E-state index contributed by atoms with van der Waals surface area (Å²) in [5, 5.41) is 3.61. The Balaban J connectivity index is 1.60. The standard InChI is InChI=1S/C17H20N4O/c22-17(20-9-8-13-6-7-14(11-20)19-13)16-10-18-12-21(16)15-4-2-1-3-5-15/h1-5,10,12-14,19H,6-9,11H2. The topological polar surface area (TPSA) is 50.2 Å². The molecule has 2 atom stereocenters. The number of hydrogen-bond donors (Lipinski definition) is 1. The van der Waals surface area contributed by atoms with Crippen LogP contribution in [0.5, 0.6) is 0 Å². The third-order valence-electron chi connectivity index (χ3n) is 4.70. The van der Waals surface area contributed by atoms with E-state index >= 15 is 0 Å². The van der Waals surface area contributed by atoms with Gasteiger partial charge < -0.3 is 10.2 Å². The highest BCUT2D eigenvalue weighted by atomic mass is 16.2. The highest BCUT2D eigenvalue weighted by Crippen LogP contribution is 2.22. The van der Waals surface area contributed by atoms with Crippen molar-refractivity contribution in [2.75, 3.05) is 13.1 Å². The minimum atomic E-state index is 0.0794. The van der Waals surface area contributed by atoms with Crippen LogP contribution in [0.2, 0.25) is 0 Å². The average Bonchev–Trinajstić information content (AvgIpc) is 3.14. The lowest BCUT2D eigenvalue weighted by atomic mass is 10.1. The quantitative estimate of drug-likeness (QED) is 0.920. The van der Waals surface area contributed by atoms with E-state index in [-0.39, 0.29) is 5.91 Å². The number of aromatic nitrogens is 2. The van der Waals surface area contributed by atoms with Gasteiger partial charge in [-0.2, -0.15) is 0 Å². The zero-order chi connectivity index (χ0) is 14.9. The van der Waals surface area contributed by atoms with Gasteiger partial charge in [0.1, 0.15) is 5.69 Å². The fraction of sp³-hybridized carbons (Fsp3) is 0.412. The smallest absolute Gasteiger partial charge is 0.272 e. The van der Waals surface area contributed by atoms with Gasteiger partial charge in [-0.1, -0.05) is 18.2 Å². The summed E-state index contributed by atoms with van der Waals surface area (Å²) in [4.78, 5) is 19.1. The number of amides is 1. The minimum absolute atomic E-state index is 0.0794. The highest BCUT2D eigenvalue weighted by molar-refractivity contribution is 5.93. The van der Waals surface area contributed by atoms with Crippen LogP contribution in [0.1, 0.15) is 29.8 Å². The molecule has 2 aliphatic rings. The summed E-state index contributed by atoms with van der Waals surface area (Å²) in [5.41, 5.74) is 1.61. The molecule has 1 aromatic heterocycles. The van der Waals surface area contributed by atoms with Gasteiger partial charge >= 0.3 is 0 Å². The molecule has 1 aromatic carbocycles. The largest absolute Gasteiger partial charge is 0.336 e. The molecule has 1 N–H and O–H groups in total. The summed E-state index contributed by atoms with van der Waals surface area (Å²) in [6.45, 7) is 1.63. The van der Waals surface area contributed by atoms with Gasteiger partial charge in [-0.05, 0) is 31.4 Å². The molecule has 2 unspecified atom stereocenters. The van der Waals surface area contributed by atoms with Crippen molar-refractivity contribution in [3.05, 3.63) is 48.5 Å². The Labute approximate surface area is 130 Å². The van der Waals surface area contributed by atoms with Crippen LogP contribution in [0.15, 0.2) is 42.9 Å². The van der Waals surface area contributed by atoms with E-state index in [0.717, 1.165) is 25.2 Å².